The Labute approximate surface area is 234 Å². The van der Waals surface area contributed by atoms with E-state index in [1.807, 2.05) is 0 Å². The van der Waals surface area contributed by atoms with Gasteiger partial charge in [-0.1, -0.05) is 85.9 Å². The standard InChI is InChI=1S/C14H14.2C9H7.C2H6Si.Ti/c1-3-7-13(8-4-1)11-12-14-9-5-2-6-10-14;2*1-2-5-9-7-3-6-8(9)4-1;1-3-2;/h1-10H,11-12H2;2*1-7H;1-2H3;/q;2*-1;;+2. The molecule has 0 heterocycles. The fourth-order valence-electron chi connectivity index (χ4n) is 3.72. The van der Waals surface area contributed by atoms with Crippen molar-refractivity contribution >= 4 is 31.1 Å². The maximum atomic E-state index is 2.18. The first kappa shape index (κ1) is 29.3. The molecular formula is C34H34SiTi. The van der Waals surface area contributed by atoms with Crippen molar-refractivity contribution in [2.24, 2.45) is 0 Å². The first-order valence-electron chi connectivity index (χ1n) is 12.2. The molecule has 0 atom stereocenters. The van der Waals surface area contributed by atoms with Crippen molar-refractivity contribution in [3.8, 4) is 0 Å². The van der Waals surface area contributed by atoms with Gasteiger partial charge in [-0.05, 0) is 24.0 Å². The maximum Gasteiger partial charge on any atom is 2.00 e. The van der Waals surface area contributed by atoms with Gasteiger partial charge < -0.3 is 0 Å². The van der Waals surface area contributed by atoms with Crippen LogP contribution in [-0.4, -0.2) is 9.52 Å². The van der Waals surface area contributed by atoms with Gasteiger partial charge in [0, 0.05) is 9.52 Å². The number of benzene rings is 4. The Hall–Kier alpha value is -2.97. The Morgan fingerprint density at radius 3 is 1.17 bits per heavy atom. The number of aryl methyl sites for hydroxylation is 2. The third-order valence-corrected chi connectivity index (χ3v) is 5.48. The monoisotopic (exact) mass is 518 g/mol. The molecule has 0 fully saturated rings. The van der Waals surface area contributed by atoms with Crippen LogP contribution in [0.1, 0.15) is 11.1 Å². The molecule has 0 bridgehead atoms. The summed E-state index contributed by atoms with van der Waals surface area (Å²) in [6.07, 6.45) is 2.26. The van der Waals surface area contributed by atoms with Crippen molar-refractivity contribution in [3.63, 3.8) is 0 Å². The summed E-state index contributed by atoms with van der Waals surface area (Å²) in [5.41, 5.74) is 2.83. The molecule has 0 amide bonds. The molecule has 0 N–H and O–H groups in total. The van der Waals surface area contributed by atoms with Gasteiger partial charge in [-0.25, -0.2) is 0 Å². The molecule has 36 heavy (non-hydrogen) atoms. The van der Waals surface area contributed by atoms with E-state index >= 15 is 0 Å². The molecule has 2 radical (unpaired) electrons. The van der Waals surface area contributed by atoms with Crippen LogP contribution in [0.5, 0.6) is 0 Å². The normalized spacial score (nSPS) is 9.50. The van der Waals surface area contributed by atoms with E-state index < -0.39 is 0 Å². The van der Waals surface area contributed by atoms with E-state index in [1.165, 1.54) is 32.7 Å². The minimum atomic E-state index is 0. The SMILES string of the molecule is C[Si]C.[Ti+2].c1ccc(CCc2ccccc2)cc1.c1ccc2[cH-]ccc2c1.c1ccc2[cH-]ccc2c1. The summed E-state index contributed by atoms with van der Waals surface area (Å²) in [6.45, 7) is 4.31. The van der Waals surface area contributed by atoms with E-state index in [2.05, 4.69) is 159 Å². The molecule has 0 saturated heterocycles. The van der Waals surface area contributed by atoms with Crippen molar-refractivity contribution in [2.75, 3.05) is 0 Å². The van der Waals surface area contributed by atoms with Crippen LogP contribution < -0.4 is 0 Å². The first-order chi connectivity index (χ1) is 17.3. The Morgan fingerprint density at radius 1 is 0.472 bits per heavy atom. The summed E-state index contributed by atoms with van der Waals surface area (Å²) < 4.78 is 0. The predicted octanol–water partition coefficient (Wildman–Crippen LogP) is 9.37. The van der Waals surface area contributed by atoms with Gasteiger partial charge in [0.2, 0.25) is 0 Å². The summed E-state index contributed by atoms with van der Waals surface area (Å²) in [5, 5.41) is 5.32. The molecule has 6 rings (SSSR count). The second-order valence-corrected chi connectivity index (χ2v) is 9.28. The maximum absolute atomic E-state index is 2.18. The van der Waals surface area contributed by atoms with Gasteiger partial charge in [-0.15, -0.1) is 59.3 Å². The van der Waals surface area contributed by atoms with Gasteiger partial charge in [0.25, 0.3) is 0 Å². The molecule has 6 aromatic rings. The van der Waals surface area contributed by atoms with Gasteiger partial charge in [-0.3, -0.25) is 0 Å². The smallest absolute Gasteiger partial charge is 0.168 e. The quantitative estimate of drug-likeness (QED) is 0.162. The van der Waals surface area contributed by atoms with Crippen molar-refractivity contribution in [2.45, 2.75) is 25.9 Å². The molecule has 0 nitrogen and oxygen atoms in total. The Bertz CT molecular complexity index is 1170. The molecular weight excluding hydrogens is 484 g/mol. The van der Waals surface area contributed by atoms with Gasteiger partial charge in [0.15, 0.2) is 0 Å². The molecule has 0 aliphatic rings. The van der Waals surface area contributed by atoms with Crippen LogP contribution in [-0.2, 0) is 34.6 Å². The number of hydrogen-bond acceptors (Lipinski definition) is 0. The van der Waals surface area contributed by atoms with Crippen LogP contribution in [0.15, 0.2) is 146 Å². The fourth-order valence-corrected chi connectivity index (χ4v) is 3.72. The van der Waals surface area contributed by atoms with E-state index in [0.29, 0.717) is 0 Å². The summed E-state index contributed by atoms with van der Waals surface area (Å²) in [7, 11) is 1.08. The van der Waals surface area contributed by atoms with Gasteiger partial charge in [-0.2, -0.15) is 35.0 Å². The van der Waals surface area contributed by atoms with Crippen LogP contribution in [0.25, 0.3) is 21.5 Å². The van der Waals surface area contributed by atoms with Crippen LogP contribution >= 0.6 is 0 Å². The van der Waals surface area contributed by atoms with E-state index in [-0.39, 0.29) is 21.7 Å². The predicted molar refractivity (Wildman–Crippen MR) is 157 cm³/mol. The molecule has 0 saturated carbocycles. The van der Waals surface area contributed by atoms with Crippen molar-refractivity contribution in [1.82, 2.24) is 0 Å². The Morgan fingerprint density at radius 2 is 0.806 bits per heavy atom. The number of fused-ring (bicyclic) bond motifs is 2. The van der Waals surface area contributed by atoms with Crippen LogP contribution in [0.2, 0.25) is 13.1 Å². The molecule has 0 aliphatic carbocycles. The first-order valence-corrected chi connectivity index (χ1v) is 14.2. The van der Waals surface area contributed by atoms with Crippen molar-refractivity contribution in [1.29, 1.82) is 0 Å². The molecule has 6 aromatic carbocycles. The Kier molecular flexibility index (Phi) is 14.2. The number of hydrogen-bond donors (Lipinski definition) is 0. The minimum Gasteiger partial charge on any atom is -0.168 e. The summed E-state index contributed by atoms with van der Waals surface area (Å²) in [5.74, 6) is 0. The second kappa shape index (κ2) is 17.5. The summed E-state index contributed by atoms with van der Waals surface area (Å²) >= 11 is 0. The molecule has 0 spiro atoms. The molecule has 178 valence electrons. The summed E-state index contributed by atoms with van der Waals surface area (Å²) in [4.78, 5) is 0. The van der Waals surface area contributed by atoms with Gasteiger partial charge in [0.05, 0.1) is 0 Å². The van der Waals surface area contributed by atoms with Gasteiger partial charge in [0.1, 0.15) is 0 Å². The third-order valence-electron chi connectivity index (χ3n) is 5.48. The van der Waals surface area contributed by atoms with Crippen LogP contribution in [0, 0.1) is 0 Å². The summed E-state index contributed by atoms with van der Waals surface area (Å²) in [6, 6.07) is 50.6. The van der Waals surface area contributed by atoms with Crippen LogP contribution in [0.3, 0.4) is 0 Å². The Balaban J connectivity index is 0.000000183. The third kappa shape index (κ3) is 10.3. The zero-order valence-corrected chi connectivity index (χ0v) is 23.8. The van der Waals surface area contributed by atoms with Crippen LogP contribution in [0.4, 0.5) is 0 Å². The van der Waals surface area contributed by atoms with Crippen molar-refractivity contribution < 1.29 is 21.7 Å². The minimum absolute atomic E-state index is 0. The largest absolute Gasteiger partial charge is 2.00 e. The zero-order valence-electron chi connectivity index (χ0n) is 21.3. The average Bonchev–Trinajstić information content (AvgIpc) is 3.60. The van der Waals surface area contributed by atoms with E-state index in [9.17, 15) is 0 Å². The zero-order chi connectivity index (χ0) is 24.6. The molecule has 2 heteroatoms. The van der Waals surface area contributed by atoms with E-state index in [4.69, 9.17) is 0 Å². The molecule has 0 aliphatic heterocycles. The topological polar surface area (TPSA) is 0 Å². The fraction of sp³-hybridized carbons (Fsp3) is 0.118. The van der Waals surface area contributed by atoms with Crippen molar-refractivity contribution in [3.05, 3.63) is 157 Å². The second-order valence-electron chi connectivity index (χ2n) is 8.28. The average molecular weight is 519 g/mol. The van der Waals surface area contributed by atoms with Gasteiger partial charge >= 0.3 is 21.7 Å². The van der Waals surface area contributed by atoms with E-state index in [0.717, 1.165) is 22.4 Å². The molecule has 0 unspecified atom stereocenters. The number of rotatable bonds is 3. The van der Waals surface area contributed by atoms with E-state index in [1.54, 1.807) is 0 Å². The molecule has 0 aromatic heterocycles.